The van der Waals surface area contributed by atoms with Crippen molar-refractivity contribution in [2.45, 2.75) is 26.4 Å². The molecule has 6 nitrogen and oxygen atoms in total. The number of rotatable bonds is 4. The van der Waals surface area contributed by atoms with Crippen LogP contribution in [0, 0.1) is 6.92 Å². The number of amides is 1. The van der Waals surface area contributed by atoms with Crippen LogP contribution in [-0.4, -0.2) is 25.5 Å². The van der Waals surface area contributed by atoms with E-state index in [1.807, 2.05) is 14.0 Å². The minimum absolute atomic E-state index is 0.108. The number of carbonyl (C=O) groups is 1. The second-order valence-electron chi connectivity index (χ2n) is 4.41. The van der Waals surface area contributed by atoms with E-state index in [0.717, 1.165) is 11.3 Å². The number of nitrogens with one attached hydrogen (secondary N) is 1. The maximum absolute atomic E-state index is 12.0. The Morgan fingerprint density at radius 3 is 2.74 bits per heavy atom. The van der Waals surface area contributed by atoms with E-state index in [9.17, 15) is 4.79 Å². The van der Waals surface area contributed by atoms with E-state index in [1.165, 1.54) is 10.9 Å². The van der Waals surface area contributed by atoms with E-state index in [-0.39, 0.29) is 5.91 Å². The molecule has 1 amide bonds. The van der Waals surface area contributed by atoms with Gasteiger partial charge in [-0.25, -0.2) is 0 Å². The van der Waals surface area contributed by atoms with Crippen LogP contribution in [0.4, 0.5) is 0 Å². The Hall–Kier alpha value is -1.82. The Morgan fingerprint density at radius 1 is 1.47 bits per heavy atom. The van der Waals surface area contributed by atoms with Crippen LogP contribution in [0.15, 0.2) is 18.6 Å². The van der Waals surface area contributed by atoms with Gasteiger partial charge in [0, 0.05) is 31.0 Å². The summed E-state index contributed by atoms with van der Waals surface area (Å²) in [4.78, 5) is 12.0. The van der Waals surface area contributed by atoms with Crippen molar-refractivity contribution in [2.24, 2.45) is 7.05 Å². The highest BCUT2D eigenvalue weighted by Crippen LogP contribution is 2.11. The molecule has 0 aliphatic rings. The number of hydrogen-bond acceptors (Lipinski definition) is 3. The van der Waals surface area contributed by atoms with Crippen LogP contribution < -0.4 is 5.32 Å². The van der Waals surface area contributed by atoms with Gasteiger partial charge in [-0.1, -0.05) is 11.6 Å². The number of aromatic nitrogens is 4. The van der Waals surface area contributed by atoms with Crippen LogP contribution in [0.3, 0.4) is 0 Å². The largest absolute Gasteiger partial charge is 0.350 e. The van der Waals surface area contributed by atoms with Crippen molar-refractivity contribution in [3.8, 4) is 0 Å². The second-order valence-corrected chi connectivity index (χ2v) is 4.85. The number of nitrogens with zero attached hydrogens (tertiary/aromatic N) is 4. The average molecular weight is 282 g/mol. The average Bonchev–Trinajstić information content (AvgIpc) is 2.95. The molecule has 1 N–H and O–H groups in total. The van der Waals surface area contributed by atoms with Crippen LogP contribution in [-0.2, 0) is 18.4 Å². The third kappa shape index (κ3) is 2.96. The van der Waals surface area contributed by atoms with E-state index in [1.54, 1.807) is 24.0 Å². The summed E-state index contributed by atoms with van der Waals surface area (Å²) in [6.07, 6.45) is 4.89. The summed E-state index contributed by atoms with van der Waals surface area (Å²) in [6, 6.07) is -0.399. The van der Waals surface area contributed by atoms with Crippen molar-refractivity contribution in [2.75, 3.05) is 0 Å². The maximum atomic E-state index is 12.0. The minimum atomic E-state index is -0.399. The quantitative estimate of drug-likeness (QED) is 0.923. The van der Waals surface area contributed by atoms with Gasteiger partial charge in [-0.2, -0.15) is 10.2 Å². The fourth-order valence-electron chi connectivity index (χ4n) is 1.69. The summed E-state index contributed by atoms with van der Waals surface area (Å²) in [7, 11) is 1.87. The third-order valence-electron chi connectivity index (χ3n) is 3.14. The monoisotopic (exact) mass is 281 g/mol. The zero-order chi connectivity index (χ0) is 14.0. The Labute approximate surface area is 116 Å². The normalized spacial score (nSPS) is 12.4. The van der Waals surface area contributed by atoms with Gasteiger partial charge >= 0.3 is 0 Å². The lowest BCUT2D eigenvalue weighted by Crippen LogP contribution is -2.30. The molecule has 0 saturated heterocycles. The molecule has 19 heavy (non-hydrogen) atoms. The number of halogens is 1. The molecule has 0 bridgehead atoms. The van der Waals surface area contributed by atoms with E-state index in [2.05, 4.69) is 15.5 Å². The fraction of sp³-hybridized carbons (Fsp3) is 0.417. The first-order chi connectivity index (χ1) is 8.99. The first kappa shape index (κ1) is 13.6. The highest BCUT2D eigenvalue weighted by Gasteiger charge is 2.16. The molecule has 1 atom stereocenters. The van der Waals surface area contributed by atoms with E-state index in [4.69, 9.17) is 11.6 Å². The van der Waals surface area contributed by atoms with Crippen LogP contribution in [0.25, 0.3) is 0 Å². The smallest absolute Gasteiger partial charge is 0.244 e. The molecule has 2 aromatic heterocycles. The summed E-state index contributed by atoms with van der Waals surface area (Å²) in [6.45, 7) is 4.19. The molecule has 0 saturated carbocycles. The molecule has 1 unspecified atom stereocenters. The molecule has 0 radical (unpaired) electrons. The lowest BCUT2D eigenvalue weighted by atomic mass is 10.2. The molecular weight excluding hydrogens is 266 g/mol. The molecule has 0 aliphatic heterocycles. The van der Waals surface area contributed by atoms with Crippen molar-refractivity contribution in [3.63, 3.8) is 0 Å². The topological polar surface area (TPSA) is 64.7 Å². The molecule has 2 rings (SSSR count). The predicted molar refractivity (Wildman–Crippen MR) is 71.7 cm³/mol. The lowest BCUT2D eigenvalue weighted by Gasteiger charge is -2.12. The van der Waals surface area contributed by atoms with Crippen molar-refractivity contribution in [1.82, 2.24) is 24.9 Å². The third-order valence-corrected chi connectivity index (χ3v) is 3.33. The molecule has 0 aromatic carbocycles. The Balaban J connectivity index is 1.96. The van der Waals surface area contributed by atoms with Gasteiger partial charge in [0.25, 0.3) is 0 Å². The molecule has 102 valence electrons. The Kier molecular flexibility index (Phi) is 3.90. The highest BCUT2D eigenvalue weighted by atomic mass is 35.5. The van der Waals surface area contributed by atoms with Crippen LogP contribution in [0.1, 0.15) is 24.2 Å². The van der Waals surface area contributed by atoms with Gasteiger partial charge in [-0.05, 0) is 13.8 Å². The van der Waals surface area contributed by atoms with Gasteiger partial charge in [0.1, 0.15) is 6.04 Å². The summed E-state index contributed by atoms with van der Waals surface area (Å²) in [5.74, 6) is -0.108. The summed E-state index contributed by atoms with van der Waals surface area (Å²) in [5.41, 5.74) is 2.04. The molecule has 7 heteroatoms. The zero-order valence-electron chi connectivity index (χ0n) is 11.1. The standard InChI is InChI=1S/C12H16ClN5O/c1-8-10(5-15-17(8)3)4-14-12(19)9(2)18-7-11(13)6-16-18/h5-7,9H,4H2,1-3H3,(H,14,19). The van der Waals surface area contributed by atoms with Crippen molar-refractivity contribution in [1.29, 1.82) is 0 Å². The molecule has 0 aliphatic carbocycles. The van der Waals surface area contributed by atoms with Gasteiger partial charge in [-0.15, -0.1) is 0 Å². The number of hydrogen-bond donors (Lipinski definition) is 1. The van der Waals surface area contributed by atoms with Crippen LogP contribution >= 0.6 is 11.6 Å². The first-order valence-electron chi connectivity index (χ1n) is 5.94. The van der Waals surface area contributed by atoms with Gasteiger partial charge in [0.15, 0.2) is 0 Å². The van der Waals surface area contributed by atoms with Crippen molar-refractivity contribution < 1.29 is 4.79 Å². The van der Waals surface area contributed by atoms with E-state index < -0.39 is 6.04 Å². The number of carbonyl (C=O) groups excluding carboxylic acids is 1. The molecule has 2 aromatic rings. The summed E-state index contributed by atoms with van der Waals surface area (Å²) < 4.78 is 3.31. The lowest BCUT2D eigenvalue weighted by molar-refractivity contribution is -0.124. The second kappa shape index (κ2) is 5.44. The number of aryl methyl sites for hydroxylation is 1. The van der Waals surface area contributed by atoms with Crippen LogP contribution in [0.2, 0.25) is 5.02 Å². The van der Waals surface area contributed by atoms with Gasteiger partial charge in [0.05, 0.1) is 17.4 Å². The Bertz CT molecular complexity index is 589. The molecule has 0 fully saturated rings. The summed E-state index contributed by atoms with van der Waals surface area (Å²) in [5, 5.41) is 11.5. The van der Waals surface area contributed by atoms with E-state index >= 15 is 0 Å². The SMILES string of the molecule is Cc1c(CNC(=O)C(C)n2cc(Cl)cn2)cnn1C. The zero-order valence-corrected chi connectivity index (χ0v) is 11.8. The first-order valence-corrected chi connectivity index (χ1v) is 6.31. The molecule has 2 heterocycles. The van der Waals surface area contributed by atoms with E-state index in [0.29, 0.717) is 11.6 Å². The predicted octanol–water partition coefficient (Wildman–Crippen LogP) is 1.46. The van der Waals surface area contributed by atoms with Crippen molar-refractivity contribution >= 4 is 17.5 Å². The van der Waals surface area contributed by atoms with Gasteiger partial charge in [0.2, 0.25) is 5.91 Å². The minimum Gasteiger partial charge on any atom is -0.350 e. The summed E-state index contributed by atoms with van der Waals surface area (Å²) >= 11 is 5.78. The molecular formula is C12H16ClN5O. The maximum Gasteiger partial charge on any atom is 0.244 e. The molecule has 0 spiro atoms. The van der Waals surface area contributed by atoms with Gasteiger partial charge < -0.3 is 5.32 Å². The fourth-order valence-corrected chi connectivity index (χ4v) is 1.84. The van der Waals surface area contributed by atoms with Gasteiger partial charge in [-0.3, -0.25) is 14.2 Å². The van der Waals surface area contributed by atoms with Crippen molar-refractivity contribution in [3.05, 3.63) is 34.9 Å². The Morgan fingerprint density at radius 2 is 2.21 bits per heavy atom. The highest BCUT2D eigenvalue weighted by molar-refractivity contribution is 6.30. The van der Waals surface area contributed by atoms with Crippen LogP contribution in [0.5, 0.6) is 0 Å².